The first kappa shape index (κ1) is 20.4. The number of tetrazole rings is 1. The minimum Gasteiger partial charge on any atom is -0.490 e. The number of aromatic nitrogens is 4. The summed E-state index contributed by atoms with van der Waals surface area (Å²) in [6.45, 7) is 0.124. The molecule has 3 rings (SSSR count). The van der Waals surface area contributed by atoms with E-state index in [9.17, 15) is 13.2 Å². The summed E-state index contributed by atoms with van der Waals surface area (Å²) in [4.78, 5) is 12.5. The van der Waals surface area contributed by atoms with Gasteiger partial charge >= 0.3 is 5.97 Å². The molecule has 29 heavy (non-hydrogen) atoms. The Balaban J connectivity index is 1.55. The van der Waals surface area contributed by atoms with E-state index in [1.54, 1.807) is 36.4 Å². The summed E-state index contributed by atoms with van der Waals surface area (Å²) in [5.41, 5.74) is 0.819. The van der Waals surface area contributed by atoms with E-state index in [2.05, 4.69) is 15.5 Å². The molecule has 0 unspecified atom stereocenters. The van der Waals surface area contributed by atoms with Crippen LogP contribution in [0.1, 0.15) is 10.4 Å². The van der Waals surface area contributed by atoms with Gasteiger partial charge in [0.1, 0.15) is 25.3 Å². The predicted molar refractivity (Wildman–Crippen MR) is 102 cm³/mol. The van der Waals surface area contributed by atoms with Crippen LogP contribution in [-0.2, 0) is 14.8 Å². The molecule has 0 atom stereocenters. The molecule has 152 valence electrons. The molecule has 10 nitrogen and oxygen atoms in total. The van der Waals surface area contributed by atoms with E-state index in [-0.39, 0.29) is 18.1 Å². The van der Waals surface area contributed by atoms with Gasteiger partial charge in [-0.15, -0.1) is 5.10 Å². The molecule has 0 aliphatic rings. The van der Waals surface area contributed by atoms with Crippen molar-refractivity contribution >= 4 is 16.0 Å². The van der Waals surface area contributed by atoms with Crippen LogP contribution in [0, 0.1) is 0 Å². The Hall–Kier alpha value is -3.31. The number of rotatable bonds is 8. The average molecular weight is 417 g/mol. The number of esters is 1. The van der Waals surface area contributed by atoms with Crippen molar-refractivity contribution in [1.29, 1.82) is 0 Å². The summed E-state index contributed by atoms with van der Waals surface area (Å²) in [5, 5.41) is 10.9. The first-order valence-corrected chi connectivity index (χ1v) is 9.98. The molecule has 0 saturated carbocycles. The average Bonchev–Trinajstić information content (AvgIpc) is 3.26. The van der Waals surface area contributed by atoms with Crippen LogP contribution in [-0.4, -0.2) is 66.2 Å². The van der Waals surface area contributed by atoms with Crippen LogP contribution in [0.5, 0.6) is 5.75 Å². The third-order valence-electron chi connectivity index (χ3n) is 3.91. The lowest BCUT2D eigenvalue weighted by atomic mass is 10.2. The van der Waals surface area contributed by atoms with Gasteiger partial charge in [0.2, 0.25) is 10.0 Å². The molecule has 1 aromatic heterocycles. The second kappa shape index (κ2) is 8.80. The lowest BCUT2D eigenvalue weighted by molar-refractivity contribution is 0.0450. The summed E-state index contributed by atoms with van der Waals surface area (Å²) >= 11 is 0. The van der Waals surface area contributed by atoms with Gasteiger partial charge < -0.3 is 9.47 Å². The molecule has 0 fully saturated rings. The van der Waals surface area contributed by atoms with E-state index in [4.69, 9.17) is 9.47 Å². The molecule has 0 N–H and O–H groups in total. The number of nitrogens with zero attached hydrogens (tertiary/aromatic N) is 5. The zero-order valence-corrected chi connectivity index (χ0v) is 16.6. The number of carbonyl (C=O) groups excluding carboxylic acids is 1. The molecule has 0 aliphatic heterocycles. The van der Waals surface area contributed by atoms with E-state index in [0.29, 0.717) is 17.0 Å². The SMILES string of the molecule is CN(C)S(=O)(=O)c1ccc(OCCOC(=O)c2ccccc2-n2cnnn2)cc1. The number of hydrogen-bond donors (Lipinski definition) is 0. The largest absolute Gasteiger partial charge is 0.490 e. The Morgan fingerprint density at radius 3 is 2.45 bits per heavy atom. The zero-order chi connectivity index (χ0) is 20.9. The first-order valence-electron chi connectivity index (χ1n) is 8.54. The van der Waals surface area contributed by atoms with Gasteiger partial charge in [0.25, 0.3) is 0 Å². The van der Waals surface area contributed by atoms with Gasteiger partial charge in [-0.05, 0) is 46.8 Å². The minimum absolute atomic E-state index is 0.0144. The van der Waals surface area contributed by atoms with Gasteiger partial charge in [-0.2, -0.15) is 4.68 Å². The highest BCUT2D eigenvalue weighted by molar-refractivity contribution is 7.89. The predicted octanol–water partition coefficient (Wildman–Crippen LogP) is 1.15. The van der Waals surface area contributed by atoms with E-state index >= 15 is 0 Å². The Labute approximate surface area is 167 Å². The third kappa shape index (κ3) is 4.76. The fraction of sp³-hybridized carbons (Fsp3) is 0.222. The van der Waals surface area contributed by atoms with Crippen molar-refractivity contribution in [1.82, 2.24) is 24.5 Å². The fourth-order valence-corrected chi connectivity index (χ4v) is 3.31. The van der Waals surface area contributed by atoms with Crippen LogP contribution in [0.3, 0.4) is 0 Å². The quantitative estimate of drug-likeness (QED) is 0.396. The van der Waals surface area contributed by atoms with E-state index in [1.165, 1.54) is 37.2 Å². The Morgan fingerprint density at radius 1 is 1.07 bits per heavy atom. The monoisotopic (exact) mass is 417 g/mol. The Kier molecular flexibility index (Phi) is 6.20. The molecule has 0 spiro atoms. The number of benzene rings is 2. The summed E-state index contributed by atoms with van der Waals surface area (Å²) < 4.78 is 37.3. The third-order valence-corrected chi connectivity index (χ3v) is 5.74. The van der Waals surface area contributed by atoms with Gasteiger partial charge in [0.15, 0.2) is 0 Å². The maximum Gasteiger partial charge on any atom is 0.340 e. The molecule has 1 heterocycles. The molecule has 0 saturated heterocycles. The summed E-state index contributed by atoms with van der Waals surface area (Å²) in [7, 11) is -0.563. The lowest BCUT2D eigenvalue weighted by Crippen LogP contribution is -2.22. The molecule has 11 heteroatoms. The van der Waals surface area contributed by atoms with E-state index in [0.717, 1.165) is 4.31 Å². The van der Waals surface area contributed by atoms with Crippen molar-refractivity contribution in [3.05, 3.63) is 60.4 Å². The minimum atomic E-state index is -3.49. The van der Waals surface area contributed by atoms with Gasteiger partial charge in [-0.25, -0.2) is 17.5 Å². The topological polar surface area (TPSA) is 117 Å². The van der Waals surface area contributed by atoms with Crippen LogP contribution in [0.15, 0.2) is 59.8 Å². The molecule has 0 bridgehead atoms. The molecule has 3 aromatic rings. The second-order valence-corrected chi connectivity index (χ2v) is 8.17. The van der Waals surface area contributed by atoms with Crippen molar-refractivity contribution in [2.24, 2.45) is 0 Å². The summed E-state index contributed by atoms with van der Waals surface area (Å²) in [6, 6.07) is 12.8. The number of para-hydroxylation sites is 1. The number of ether oxygens (including phenoxy) is 2. The van der Waals surface area contributed by atoms with Crippen LogP contribution in [0.25, 0.3) is 5.69 Å². The highest BCUT2D eigenvalue weighted by atomic mass is 32.2. The van der Waals surface area contributed by atoms with Crippen LogP contribution in [0.2, 0.25) is 0 Å². The zero-order valence-electron chi connectivity index (χ0n) is 15.8. The first-order chi connectivity index (χ1) is 13.9. The maximum atomic E-state index is 12.4. The molecule has 0 radical (unpaired) electrons. The molecule has 0 aliphatic carbocycles. The van der Waals surface area contributed by atoms with Crippen LogP contribution in [0.4, 0.5) is 0 Å². The maximum absolute atomic E-state index is 12.4. The number of sulfonamides is 1. The molecule has 0 amide bonds. The summed E-state index contributed by atoms with van der Waals surface area (Å²) in [5.74, 6) is -0.0695. The van der Waals surface area contributed by atoms with E-state index in [1.807, 2.05) is 0 Å². The van der Waals surface area contributed by atoms with Crippen LogP contribution < -0.4 is 4.74 Å². The van der Waals surface area contributed by atoms with Crippen molar-refractivity contribution < 1.29 is 22.7 Å². The van der Waals surface area contributed by atoms with Crippen molar-refractivity contribution in [3.8, 4) is 11.4 Å². The second-order valence-electron chi connectivity index (χ2n) is 6.01. The van der Waals surface area contributed by atoms with Crippen molar-refractivity contribution in [3.63, 3.8) is 0 Å². The van der Waals surface area contributed by atoms with E-state index < -0.39 is 16.0 Å². The van der Waals surface area contributed by atoms with Crippen LogP contribution >= 0.6 is 0 Å². The number of carbonyl (C=O) groups is 1. The molecular formula is C18H19N5O5S. The summed E-state index contributed by atoms with van der Waals surface area (Å²) in [6.07, 6.45) is 1.38. The lowest BCUT2D eigenvalue weighted by Gasteiger charge is -2.12. The molecular weight excluding hydrogens is 398 g/mol. The highest BCUT2D eigenvalue weighted by Crippen LogP contribution is 2.18. The van der Waals surface area contributed by atoms with Gasteiger partial charge in [0, 0.05) is 14.1 Å². The standard InChI is InChI=1S/C18H19N5O5S/c1-22(2)29(25,26)15-9-7-14(8-10-15)27-11-12-28-18(24)16-5-3-4-6-17(16)23-13-19-20-21-23/h3-10,13H,11-12H2,1-2H3. The Morgan fingerprint density at radius 2 is 1.79 bits per heavy atom. The smallest absolute Gasteiger partial charge is 0.340 e. The van der Waals surface area contributed by atoms with Crippen molar-refractivity contribution in [2.45, 2.75) is 4.90 Å². The van der Waals surface area contributed by atoms with Crippen molar-refractivity contribution in [2.75, 3.05) is 27.3 Å². The number of hydrogen-bond acceptors (Lipinski definition) is 8. The highest BCUT2D eigenvalue weighted by Gasteiger charge is 2.17. The van der Waals surface area contributed by atoms with Gasteiger partial charge in [-0.1, -0.05) is 12.1 Å². The molecule has 2 aromatic carbocycles. The Bertz CT molecular complexity index is 1070. The fourth-order valence-electron chi connectivity index (χ4n) is 2.41. The van der Waals surface area contributed by atoms with Gasteiger partial charge in [0.05, 0.1) is 16.1 Å². The normalized spacial score (nSPS) is 11.4. The van der Waals surface area contributed by atoms with Gasteiger partial charge in [-0.3, -0.25) is 0 Å².